The van der Waals surface area contributed by atoms with Crippen molar-refractivity contribution in [3.05, 3.63) is 28.2 Å². The van der Waals surface area contributed by atoms with Crippen molar-refractivity contribution in [3.63, 3.8) is 0 Å². The van der Waals surface area contributed by atoms with Crippen molar-refractivity contribution in [2.75, 3.05) is 6.61 Å². The van der Waals surface area contributed by atoms with Gasteiger partial charge in [0, 0.05) is 12.2 Å². The van der Waals surface area contributed by atoms with E-state index in [1.54, 1.807) is 12.1 Å². The average molecular weight is 328 g/mol. The number of benzene rings is 1. The molecule has 0 saturated carbocycles. The van der Waals surface area contributed by atoms with E-state index in [1.165, 1.54) is 6.07 Å². The molecular weight excluding hydrogens is 310 g/mol. The van der Waals surface area contributed by atoms with Crippen molar-refractivity contribution in [1.82, 2.24) is 5.32 Å². The topological polar surface area (TPSA) is 58.6 Å². The number of ether oxygens (including phenoxy) is 1. The molecule has 2 atom stereocenters. The predicted octanol–water partition coefficient (Wildman–Crippen LogP) is 2.84. The van der Waals surface area contributed by atoms with Crippen LogP contribution in [0.15, 0.2) is 22.7 Å². The molecule has 2 rings (SSSR count). The van der Waals surface area contributed by atoms with Gasteiger partial charge in [-0.15, -0.1) is 0 Å². The van der Waals surface area contributed by atoms with Crippen LogP contribution in [0.2, 0.25) is 0 Å². The molecule has 0 spiro atoms. The van der Waals surface area contributed by atoms with E-state index in [0.717, 1.165) is 25.9 Å². The molecule has 1 aliphatic rings. The summed E-state index contributed by atoms with van der Waals surface area (Å²) >= 11 is 3.20. The first-order valence-corrected chi connectivity index (χ1v) is 7.32. The third kappa shape index (κ3) is 3.48. The first-order chi connectivity index (χ1) is 9.11. The summed E-state index contributed by atoms with van der Waals surface area (Å²) in [4.78, 5) is 12.1. The lowest BCUT2D eigenvalue weighted by Crippen LogP contribution is -2.42. The van der Waals surface area contributed by atoms with Crippen LogP contribution in [-0.2, 0) is 4.74 Å². The lowest BCUT2D eigenvalue weighted by molar-refractivity contribution is 0.0665. The maximum Gasteiger partial charge on any atom is 0.251 e. The summed E-state index contributed by atoms with van der Waals surface area (Å²) in [6, 6.07) is 4.83. The zero-order chi connectivity index (χ0) is 13.8. The first kappa shape index (κ1) is 14.3. The van der Waals surface area contributed by atoms with E-state index in [4.69, 9.17) is 4.74 Å². The van der Waals surface area contributed by atoms with E-state index in [2.05, 4.69) is 21.2 Å². The molecule has 0 aliphatic carbocycles. The fraction of sp³-hybridized carbons (Fsp3) is 0.500. The van der Waals surface area contributed by atoms with Gasteiger partial charge in [-0.2, -0.15) is 0 Å². The lowest BCUT2D eigenvalue weighted by Gasteiger charge is -2.22. The van der Waals surface area contributed by atoms with Crippen molar-refractivity contribution in [1.29, 1.82) is 0 Å². The minimum absolute atomic E-state index is 0.0285. The van der Waals surface area contributed by atoms with Crippen molar-refractivity contribution in [2.24, 2.45) is 0 Å². The summed E-state index contributed by atoms with van der Waals surface area (Å²) in [6.45, 7) is 2.81. The van der Waals surface area contributed by atoms with Crippen LogP contribution < -0.4 is 5.32 Å². The van der Waals surface area contributed by atoms with E-state index in [-0.39, 0.29) is 23.8 Å². The Morgan fingerprint density at radius 2 is 2.42 bits per heavy atom. The van der Waals surface area contributed by atoms with Gasteiger partial charge in [0.15, 0.2) is 0 Å². The van der Waals surface area contributed by atoms with Gasteiger partial charge in [-0.05, 0) is 53.4 Å². The smallest absolute Gasteiger partial charge is 0.251 e. The molecule has 0 aromatic heterocycles. The van der Waals surface area contributed by atoms with Crippen LogP contribution >= 0.6 is 15.9 Å². The largest absolute Gasteiger partial charge is 0.507 e. The number of amides is 1. The molecule has 1 aromatic carbocycles. The molecule has 19 heavy (non-hydrogen) atoms. The monoisotopic (exact) mass is 327 g/mol. The highest BCUT2D eigenvalue weighted by Crippen LogP contribution is 2.24. The summed E-state index contributed by atoms with van der Waals surface area (Å²) < 4.78 is 6.19. The summed E-state index contributed by atoms with van der Waals surface area (Å²) in [5.41, 5.74) is 0.456. The number of phenols is 1. The Hall–Kier alpha value is -1.07. The van der Waals surface area contributed by atoms with Crippen LogP contribution in [0.1, 0.15) is 36.5 Å². The van der Waals surface area contributed by atoms with Gasteiger partial charge in [-0.3, -0.25) is 4.79 Å². The molecule has 1 heterocycles. The van der Waals surface area contributed by atoms with Crippen LogP contribution in [0.5, 0.6) is 5.75 Å². The van der Waals surface area contributed by atoms with Crippen LogP contribution in [0.4, 0.5) is 0 Å². The maximum atomic E-state index is 12.1. The Morgan fingerprint density at radius 3 is 3.00 bits per heavy atom. The molecule has 104 valence electrons. The van der Waals surface area contributed by atoms with Gasteiger partial charge in [-0.1, -0.05) is 6.92 Å². The van der Waals surface area contributed by atoms with Gasteiger partial charge in [0.25, 0.3) is 5.91 Å². The Bertz CT molecular complexity index is 458. The minimum atomic E-state index is -0.176. The molecule has 1 fully saturated rings. The molecule has 0 bridgehead atoms. The van der Waals surface area contributed by atoms with Gasteiger partial charge in [-0.25, -0.2) is 0 Å². The molecule has 1 saturated heterocycles. The zero-order valence-corrected chi connectivity index (χ0v) is 12.4. The van der Waals surface area contributed by atoms with Gasteiger partial charge in [0.05, 0.1) is 16.6 Å². The standard InChI is InChI=1S/C14H18BrNO3/c1-2-11(13-4-3-7-19-13)16-14(18)9-5-6-10(15)12(17)8-9/h5-6,8,11,13,17H,2-4,7H2,1H3,(H,16,18)/t11-,13-/m0/s1. The second-order valence-electron chi connectivity index (χ2n) is 4.71. The number of nitrogens with one attached hydrogen (secondary N) is 1. The van der Waals surface area contributed by atoms with Crippen LogP contribution in [0, 0.1) is 0 Å². The Morgan fingerprint density at radius 1 is 1.63 bits per heavy atom. The molecule has 0 radical (unpaired) electrons. The fourth-order valence-electron chi connectivity index (χ4n) is 2.28. The second-order valence-corrected chi connectivity index (χ2v) is 5.56. The fourth-order valence-corrected chi connectivity index (χ4v) is 2.53. The molecule has 1 amide bonds. The third-order valence-electron chi connectivity index (χ3n) is 3.38. The summed E-state index contributed by atoms with van der Waals surface area (Å²) in [7, 11) is 0. The minimum Gasteiger partial charge on any atom is -0.507 e. The number of phenolic OH excluding ortho intramolecular Hbond substituents is 1. The zero-order valence-electron chi connectivity index (χ0n) is 10.9. The van der Waals surface area contributed by atoms with Crippen molar-refractivity contribution in [2.45, 2.75) is 38.3 Å². The number of halogens is 1. The van der Waals surface area contributed by atoms with Crippen LogP contribution in [0.25, 0.3) is 0 Å². The molecule has 5 heteroatoms. The third-order valence-corrected chi connectivity index (χ3v) is 4.05. The Kier molecular flexibility index (Phi) is 4.82. The number of carbonyl (C=O) groups is 1. The van der Waals surface area contributed by atoms with E-state index >= 15 is 0 Å². The molecule has 4 nitrogen and oxygen atoms in total. The van der Waals surface area contributed by atoms with E-state index in [1.807, 2.05) is 6.92 Å². The molecular formula is C14H18BrNO3. The Balaban J connectivity index is 2.04. The number of rotatable bonds is 4. The number of aromatic hydroxyl groups is 1. The predicted molar refractivity (Wildman–Crippen MR) is 76.3 cm³/mol. The molecule has 0 unspecified atom stereocenters. The summed E-state index contributed by atoms with van der Waals surface area (Å²) in [5.74, 6) is -0.108. The van der Waals surface area contributed by atoms with Crippen molar-refractivity contribution >= 4 is 21.8 Å². The number of carbonyl (C=O) groups excluding carboxylic acids is 1. The Labute approximate surface area is 121 Å². The highest BCUT2D eigenvalue weighted by Gasteiger charge is 2.26. The first-order valence-electron chi connectivity index (χ1n) is 6.52. The highest BCUT2D eigenvalue weighted by atomic mass is 79.9. The molecule has 1 aromatic rings. The van der Waals surface area contributed by atoms with E-state index in [9.17, 15) is 9.90 Å². The lowest BCUT2D eigenvalue weighted by atomic mass is 10.0. The van der Waals surface area contributed by atoms with Gasteiger partial charge in [0.1, 0.15) is 5.75 Å². The summed E-state index contributed by atoms with van der Waals surface area (Å²) in [6.07, 6.45) is 2.98. The van der Waals surface area contributed by atoms with Crippen molar-refractivity contribution in [3.8, 4) is 5.75 Å². The van der Waals surface area contributed by atoms with Crippen molar-refractivity contribution < 1.29 is 14.6 Å². The number of hydrogen-bond donors (Lipinski definition) is 2. The second kappa shape index (κ2) is 6.39. The van der Waals surface area contributed by atoms with Gasteiger partial charge >= 0.3 is 0 Å². The van der Waals surface area contributed by atoms with Crippen LogP contribution in [0.3, 0.4) is 0 Å². The van der Waals surface area contributed by atoms with Gasteiger partial charge in [0.2, 0.25) is 0 Å². The molecule has 2 N–H and O–H groups in total. The molecule has 1 aliphatic heterocycles. The SMILES string of the molecule is CC[C@H](NC(=O)c1ccc(Br)c(O)c1)[C@@H]1CCCO1. The van der Waals surface area contributed by atoms with E-state index < -0.39 is 0 Å². The normalized spacial score (nSPS) is 20.2. The van der Waals surface area contributed by atoms with E-state index in [0.29, 0.717) is 10.0 Å². The van der Waals surface area contributed by atoms with Gasteiger partial charge < -0.3 is 15.2 Å². The average Bonchev–Trinajstić information content (AvgIpc) is 2.92. The quantitative estimate of drug-likeness (QED) is 0.894. The van der Waals surface area contributed by atoms with Crippen LogP contribution in [-0.4, -0.2) is 29.8 Å². The maximum absolute atomic E-state index is 12.1. The highest BCUT2D eigenvalue weighted by molar-refractivity contribution is 9.10. The number of hydrogen-bond acceptors (Lipinski definition) is 3. The summed E-state index contributed by atoms with van der Waals surface area (Å²) in [5, 5.41) is 12.6.